The second kappa shape index (κ2) is 10.4. The number of rotatable bonds is 9. The Morgan fingerprint density at radius 2 is 1.88 bits per heavy atom. The van der Waals surface area contributed by atoms with Crippen molar-refractivity contribution < 1.29 is 13.2 Å². The number of nitrogens with zero attached hydrogens (tertiary/aromatic N) is 5. The highest BCUT2D eigenvalue weighted by molar-refractivity contribution is 7.89. The summed E-state index contributed by atoms with van der Waals surface area (Å²) in [5.74, 6) is 0.602. The van der Waals surface area contributed by atoms with Gasteiger partial charge in [-0.2, -0.15) is 10.4 Å². The zero-order chi connectivity index (χ0) is 24.9. The zero-order valence-electron chi connectivity index (χ0n) is 19.9. The summed E-state index contributed by atoms with van der Waals surface area (Å²) in [6.45, 7) is 3.62. The van der Waals surface area contributed by atoms with E-state index in [1.54, 1.807) is 36.5 Å². The number of piperidine rings is 1. The molecule has 1 saturated heterocycles. The first-order chi connectivity index (χ1) is 16.1. The van der Waals surface area contributed by atoms with Crippen molar-refractivity contribution in [3.8, 4) is 6.07 Å². The maximum atomic E-state index is 12.3. The molecule has 3 rings (SSSR count). The number of amides is 1. The number of aromatic nitrogens is 2. The van der Waals surface area contributed by atoms with Gasteiger partial charge in [-0.15, -0.1) is 0 Å². The maximum absolute atomic E-state index is 12.3. The van der Waals surface area contributed by atoms with Crippen molar-refractivity contribution in [2.24, 2.45) is 0 Å². The molecule has 1 amide bonds. The molecule has 182 valence electrons. The monoisotopic (exact) mass is 485 g/mol. The van der Waals surface area contributed by atoms with Crippen LogP contribution in [0.2, 0.25) is 0 Å². The van der Waals surface area contributed by atoms with Crippen LogP contribution in [0.15, 0.2) is 35.4 Å². The van der Waals surface area contributed by atoms with Crippen LogP contribution < -0.4 is 10.6 Å². The van der Waals surface area contributed by atoms with Crippen LogP contribution in [0.1, 0.15) is 30.5 Å². The van der Waals surface area contributed by atoms with Gasteiger partial charge < -0.3 is 15.5 Å². The van der Waals surface area contributed by atoms with Crippen molar-refractivity contribution in [2.45, 2.75) is 36.6 Å². The number of nitrogens with one attached hydrogen (secondary N) is 2. The van der Waals surface area contributed by atoms with Gasteiger partial charge in [0.1, 0.15) is 0 Å². The fraction of sp³-hybridized carbons (Fsp3) is 0.435. The fourth-order valence-electron chi connectivity index (χ4n) is 4.05. The smallest absolute Gasteiger partial charge is 0.242 e. The Balaban J connectivity index is 2.01. The molecule has 0 saturated carbocycles. The summed E-state index contributed by atoms with van der Waals surface area (Å²) in [4.78, 5) is 13.2. The average molecular weight is 486 g/mol. The summed E-state index contributed by atoms with van der Waals surface area (Å²) in [7, 11) is 1.53. The molecule has 0 spiro atoms. The van der Waals surface area contributed by atoms with Gasteiger partial charge in [0.25, 0.3) is 0 Å². The van der Waals surface area contributed by atoms with Gasteiger partial charge in [-0.1, -0.05) is 0 Å². The van der Waals surface area contributed by atoms with E-state index in [4.69, 9.17) is 5.10 Å². The molecule has 1 fully saturated rings. The third-order valence-corrected chi connectivity index (χ3v) is 8.07. The Hall–Kier alpha value is -3.20. The molecule has 1 aliphatic rings. The van der Waals surface area contributed by atoms with Gasteiger partial charge in [0.05, 0.1) is 28.6 Å². The van der Waals surface area contributed by atoms with Gasteiger partial charge in [0.15, 0.2) is 5.82 Å². The molecule has 11 heteroatoms. The topological polar surface area (TPSA) is 123 Å². The van der Waals surface area contributed by atoms with Gasteiger partial charge in [-0.3, -0.25) is 9.48 Å². The second-order valence-electron chi connectivity index (χ2n) is 8.69. The van der Waals surface area contributed by atoms with Crippen LogP contribution in [0.25, 0.3) is 6.08 Å². The number of carbonyl (C=O) groups excluding carboxylic acids is 1. The molecule has 2 aromatic rings. The Labute approximate surface area is 200 Å². The lowest BCUT2D eigenvalue weighted by Gasteiger charge is -2.40. The van der Waals surface area contributed by atoms with Gasteiger partial charge in [-0.05, 0) is 57.2 Å². The van der Waals surface area contributed by atoms with Crippen LogP contribution in [-0.2, 0) is 20.4 Å². The molecule has 1 aliphatic heterocycles. The highest BCUT2D eigenvalue weighted by Gasteiger charge is 2.38. The van der Waals surface area contributed by atoms with E-state index in [1.165, 1.54) is 18.4 Å². The fourth-order valence-corrected chi connectivity index (χ4v) is 4.96. The van der Waals surface area contributed by atoms with E-state index in [0.29, 0.717) is 24.3 Å². The number of anilines is 2. The molecule has 10 nitrogen and oxygen atoms in total. The summed E-state index contributed by atoms with van der Waals surface area (Å²) < 4.78 is 27.8. The minimum absolute atomic E-state index is 0.202. The molecule has 0 atom stereocenters. The summed E-state index contributed by atoms with van der Waals surface area (Å²) in [5.41, 5.74) is 1.87. The lowest BCUT2D eigenvalue weighted by Crippen LogP contribution is -2.45. The number of benzene rings is 1. The number of sulfonamides is 1. The quantitative estimate of drug-likeness (QED) is 0.522. The molecule has 0 bridgehead atoms. The number of hydrogen-bond donors (Lipinski definition) is 2. The van der Waals surface area contributed by atoms with Crippen LogP contribution in [-0.4, -0.2) is 68.0 Å². The van der Waals surface area contributed by atoms with Crippen LogP contribution in [0.4, 0.5) is 11.5 Å². The Bertz CT molecular complexity index is 1190. The van der Waals surface area contributed by atoms with Crippen molar-refractivity contribution in [3.05, 3.63) is 41.7 Å². The Kier molecular flexibility index (Phi) is 7.76. The van der Waals surface area contributed by atoms with E-state index >= 15 is 0 Å². The van der Waals surface area contributed by atoms with Gasteiger partial charge in [0, 0.05) is 44.6 Å². The number of likely N-dealkylation sites (tertiary alicyclic amines) is 1. The van der Waals surface area contributed by atoms with Crippen LogP contribution in [0.3, 0.4) is 0 Å². The minimum Gasteiger partial charge on any atom is -0.339 e. The third-order valence-electron chi connectivity index (χ3n) is 6.24. The number of carbonyl (C=O) groups is 1. The summed E-state index contributed by atoms with van der Waals surface area (Å²) in [6.07, 6.45) is 5.79. The predicted molar refractivity (Wildman–Crippen MR) is 131 cm³/mol. The summed E-state index contributed by atoms with van der Waals surface area (Å²) in [6, 6.07) is 8.82. The lowest BCUT2D eigenvalue weighted by molar-refractivity contribution is -0.108. The van der Waals surface area contributed by atoms with E-state index in [-0.39, 0.29) is 4.90 Å². The molecule has 1 aromatic heterocycles. The first-order valence-electron chi connectivity index (χ1n) is 11.0. The van der Waals surface area contributed by atoms with E-state index in [9.17, 15) is 18.5 Å². The van der Waals surface area contributed by atoms with E-state index in [1.807, 2.05) is 11.6 Å². The Morgan fingerprint density at radius 1 is 1.24 bits per heavy atom. The normalized spacial score (nSPS) is 16.5. The molecule has 34 heavy (non-hydrogen) atoms. The first kappa shape index (κ1) is 25.4. The maximum Gasteiger partial charge on any atom is 0.242 e. The molecule has 0 aliphatic carbocycles. The minimum atomic E-state index is -3.52. The van der Waals surface area contributed by atoms with E-state index in [2.05, 4.69) is 28.7 Å². The molecule has 2 N–H and O–H groups in total. The predicted octanol–water partition coefficient (Wildman–Crippen LogP) is 2.24. The SMILES string of the molecule is Cc1c(Nc2ccc(S(=O)(=O)N(C)C)cc2)nn(C2(CC#N)CCN(C)CC2)c1/C=C\NC=O. The van der Waals surface area contributed by atoms with Gasteiger partial charge in [-0.25, -0.2) is 12.7 Å². The van der Waals surface area contributed by atoms with Gasteiger partial charge in [0.2, 0.25) is 16.4 Å². The van der Waals surface area contributed by atoms with Crippen molar-refractivity contribution in [2.75, 3.05) is 39.5 Å². The molecule has 0 radical (unpaired) electrons. The van der Waals surface area contributed by atoms with Crippen molar-refractivity contribution in [1.29, 1.82) is 5.26 Å². The summed E-state index contributed by atoms with van der Waals surface area (Å²) in [5, 5.41) is 20.3. The molecule has 1 aromatic carbocycles. The average Bonchev–Trinajstić information content (AvgIpc) is 3.12. The van der Waals surface area contributed by atoms with Crippen molar-refractivity contribution >= 4 is 34.0 Å². The molecule has 2 heterocycles. The highest BCUT2D eigenvalue weighted by Crippen LogP contribution is 2.37. The largest absolute Gasteiger partial charge is 0.339 e. The lowest BCUT2D eigenvalue weighted by atomic mass is 9.84. The molecular weight excluding hydrogens is 454 g/mol. The molecule has 0 unspecified atom stereocenters. The summed E-state index contributed by atoms with van der Waals surface area (Å²) >= 11 is 0. The van der Waals surface area contributed by atoms with E-state index in [0.717, 1.165) is 37.2 Å². The second-order valence-corrected chi connectivity index (χ2v) is 10.8. The number of hydrogen-bond acceptors (Lipinski definition) is 7. The first-order valence-corrected chi connectivity index (χ1v) is 12.4. The van der Waals surface area contributed by atoms with Crippen LogP contribution in [0, 0.1) is 18.3 Å². The van der Waals surface area contributed by atoms with Gasteiger partial charge >= 0.3 is 0 Å². The van der Waals surface area contributed by atoms with Crippen molar-refractivity contribution in [1.82, 2.24) is 24.3 Å². The Morgan fingerprint density at radius 3 is 2.44 bits per heavy atom. The van der Waals surface area contributed by atoms with E-state index < -0.39 is 15.6 Å². The molecular formula is C23H31N7O3S. The highest BCUT2D eigenvalue weighted by atomic mass is 32.2. The van der Waals surface area contributed by atoms with Crippen LogP contribution >= 0.6 is 0 Å². The zero-order valence-corrected chi connectivity index (χ0v) is 20.8. The third kappa shape index (κ3) is 5.14. The standard InChI is InChI=1S/C23H31N7O3S/c1-18-21(9-14-25-17-31)30(23(10-13-24)11-15-29(4)16-12-23)27-22(18)26-19-5-7-20(8-6-19)34(32,33)28(2)3/h5-9,14,17H,10-12,15-16H2,1-4H3,(H,25,31)(H,26,27)/b14-9-. The van der Waals surface area contributed by atoms with Crippen molar-refractivity contribution in [3.63, 3.8) is 0 Å². The number of nitriles is 1. The van der Waals surface area contributed by atoms with Crippen LogP contribution in [0.5, 0.6) is 0 Å².